The minimum absolute atomic E-state index is 0.195. The first-order chi connectivity index (χ1) is 6.97. The van der Waals surface area contributed by atoms with Crippen LogP contribution in [-0.4, -0.2) is 18.2 Å². The lowest BCUT2D eigenvalue weighted by Crippen LogP contribution is -2.05. The number of rotatable bonds is 3. The van der Waals surface area contributed by atoms with Gasteiger partial charge in [0.1, 0.15) is 5.75 Å². The molecule has 0 aliphatic carbocycles. The Morgan fingerprint density at radius 3 is 2.40 bits per heavy atom. The first kappa shape index (κ1) is 11.6. The van der Waals surface area contributed by atoms with E-state index in [0.29, 0.717) is 11.3 Å². The maximum absolute atomic E-state index is 11.1. The van der Waals surface area contributed by atoms with Crippen molar-refractivity contribution in [1.29, 1.82) is 0 Å². The van der Waals surface area contributed by atoms with Gasteiger partial charge in [-0.25, -0.2) is 4.79 Å². The third kappa shape index (κ3) is 2.29. The van der Waals surface area contributed by atoms with Gasteiger partial charge in [-0.15, -0.1) is 0 Å². The molecule has 3 nitrogen and oxygen atoms in total. The minimum atomic E-state index is -0.906. The van der Waals surface area contributed by atoms with E-state index >= 15 is 0 Å². The molecule has 1 rings (SSSR count). The first-order valence-corrected chi connectivity index (χ1v) is 4.89. The van der Waals surface area contributed by atoms with Crippen LogP contribution in [0.3, 0.4) is 0 Å². The molecule has 15 heavy (non-hydrogen) atoms. The van der Waals surface area contributed by atoms with Gasteiger partial charge in [0.25, 0.3) is 0 Å². The highest BCUT2D eigenvalue weighted by Gasteiger charge is 2.15. The number of benzene rings is 1. The van der Waals surface area contributed by atoms with Crippen LogP contribution in [0.4, 0.5) is 0 Å². The van der Waals surface area contributed by atoms with Crippen LogP contribution in [-0.2, 0) is 0 Å². The van der Waals surface area contributed by atoms with Crippen LogP contribution in [0, 0.1) is 6.92 Å². The smallest absolute Gasteiger partial charge is 0.336 e. The second kappa shape index (κ2) is 4.34. The molecule has 0 aliphatic heterocycles. The molecule has 1 N–H and O–H groups in total. The molecule has 0 unspecified atom stereocenters. The van der Waals surface area contributed by atoms with E-state index in [1.165, 1.54) is 0 Å². The van der Waals surface area contributed by atoms with Gasteiger partial charge in [0, 0.05) is 0 Å². The predicted molar refractivity (Wildman–Crippen MR) is 58.8 cm³/mol. The van der Waals surface area contributed by atoms with Crippen molar-refractivity contribution in [3.63, 3.8) is 0 Å². The zero-order valence-corrected chi connectivity index (χ0v) is 9.50. The van der Waals surface area contributed by atoms with Crippen molar-refractivity contribution in [1.82, 2.24) is 0 Å². The highest BCUT2D eigenvalue weighted by atomic mass is 16.5. The second-order valence-electron chi connectivity index (χ2n) is 3.87. The van der Waals surface area contributed by atoms with Crippen molar-refractivity contribution in [2.24, 2.45) is 0 Å². The molecule has 0 radical (unpaired) electrons. The summed E-state index contributed by atoms with van der Waals surface area (Å²) in [5, 5.41) is 9.07. The van der Waals surface area contributed by atoms with Crippen molar-refractivity contribution in [2.75, 3.05) is 7.11 Å². The van der Waals surface area contributed by atoms with Crippen LogP contribution >= 0.6 is 0 Å². The summed E-state index contributed by atoms with van der Waals surface area (Å²) < 4.78 is 5.11. The summed E-state index contributed by atoms with van der Waals surface area (Å²) in [4.78, 5) is 11.1. The average molecular weight is 208 g/mol. The van der Waals surface area contributed by atoms with E-state index in [9.17, 15) is 4.79 Å². The number of carboxylic acid groups (broad SMARTS) is 1. The van der Waals surface area contributed by atoms with Gasteiger partial charge in [-0.05, 0) is 30.0 Å². The molecular formula is C12H16O3. The van der Waals surface area contributed by atoms with Crippen molar-refractivity contribution in [3.05, 3.63) is 28.8 Å². The van der Waals surface area contributed by atoms with Crippen molar-refractivity contribution >= 4 is 5.97 Å². The van der Waals surface area contributed by atoms with E-state index in [4.69, 9.17) is 9.84 Å². The molecule has 0 atom stereocenters. The number of hydrogen-bond acceptors (Lipinski definition) is 2. The Kier molecular flexibility index (Phi) is 3.35. The van der Waals surface area contributed by atoms with Gasteiger partial charge < -0.3 is 9.84 Å². The van der Waals surface area contributed by atoms with Crippen molar-refractivity contribution < 1.29 is 14.6 Å². The van der Waals surface area contributed by atoms with E-state index in [0.717, 1.165) is 11.1 Å². The van der Waals surface area contributed by atoms with Gasteiger partial charge in [-0.1, -0.05) is 19.9 Å². The Morgan fingerprint density at radius 1 is 1.40 bits per heavy atom. The van der Waals surface area contributed by atoms with Crippen LogP contribution in [0.15, 0.2) is 12.1 Å². The van der Waals surface area contributed by atoms with Crippen LogP contribution in [0.25, 0.3) is 0 Å². The summed E-state index contributed by atoms with van der Waals surface area (Å²) in [7, 11) is 1.54. The molecule has 0 fully saturated rings. The third-order valence-corrected chi connectivity index (χ3v) is 2.42. The monoisotopic (exact) mass is 208 g/mol. The SMILES string of the molecule is COc1cc(C(=O)O)c(C(C)C)cc1C. The van der Waals surface area contributed by atoms with E-state index < -0.39 is 5.97 Å². The van der Waals surface area contributed by atoms with Gasteiger partial charge in [0.2, 0.25) is 0 Å². The molecule has 0 aromatic heterocycles. The number of ether oxygens (including phenoxy) is 1. The number of carbonyl (C=O) groups is 1. The van der Waals surface area contributed by atoms with E-state index in [-0.39, 0.29) is 5.92 Å². The normalized spacial score (nSPS) is 10.5. The first-order valence-electron chi connectivity index (χ1n) is 4.89. The quantitative estimate of drug-likeness (QED) is 0.830. The highest BCUT2D eigenvalue weighted by molar-refractivity contribution is 5.90. The van der Waals surface area contributed by atoms with Crippen LogP contribution in [0.5, 0.6) is 5.75 Å². The van der Waals surface area contributed by atoms with E-state index in [1.807, 2.05) is 26.8 Å². The van der Waals surface area contributed by atoms with Gasteiger partial charge in [0.05, 0.1) is 12.7 Å². The molecule has 82 valence electrons. The third-order valence-electron chi connectivity index (χ3n) is 2.42. The number of hydrogen-bond donors (Lipinski definition) is 1. The number of aryl methyl sites for hydroxylation is 1. The molecule has 0 saturated carbocycles. The van der Waals surface area contributed by atoms with E-state index in [2.05, 4.69) is 0 Å². The summed E-state index contributed by atoms with van der Waals surface area (Å²) in [6, 6.07) is 3.47. The minimum Gasteiger partial charge on any atom is -0.496 e. The maximum atomic E-state index is 11.1. The maximum Gasteiger partial charge on any atom is 0.336 e. The molecule has 1 aromatic rings. The topological polar surface area (TPSA) is 46.5 Å². The molecule has 0 aliphatic rings. The lowest BCUT2D eigenvalue weighted by atomic mass is 9.95. The van der Waals surface area contributed by atoms with Gasteiger partial charge >= 0.3 is 5.97 Å². The number of aromatic carboxylic acids is 1. The van der Waals surface area contributed by atoms with Gasteiger partial charge in [0.15, 0.2) is 0 Å². The molecule has 0 spiro atoms. The number of methoxy groups -OCH3 is 1. The molecule has 0 saturated heterocycles. The predicted octanol–water partition coefficient (Wildman–Crippen LogP) is 2.83. The standard InChI is InChI=1S/C12H16O3/c1-7(2)9-5-8(3)11(15-4)6-10(9)12(13)14/h5-7H,1-4H3,(H,13,14). The van der Waals surface area contributed by atoms with E-state index in [1.54, 1.807) is 13.2 Å². The Balaban J connectivity index is 3.39. The van der Waals surface area contributed by atoms with Gasteiger partial charge in [-0.2, -0.15) is 0 Å². The summed E-state index contributed by atoms with van der Waals surface area (Å²) in [6.45, 7) is 5.87. The lowest BCUT2D eigenvalue weighted by Gasteiger charge is -2.13. The molecule has 0 amide bonds. The summed E-state index contributed by atoms with van der Waals surface area (Å²) in [6.07, 6.45) is 0. The largest absolute Gasteiger partial charge is 0.496 e. The highest BCUT2D eigenvalue weighted by Crippen LogP contribution is 2.27. The Hall–Kier alpha value is -1.51. The Morgan fingerprint density at radius 2 is 2.00 bits per heavy atom. The lowest BCUT2D eigenvalue weighted by molar-refractivity contribution is 0.0695. The Bertz CT molecular complexity index is 381. The fourth-order valence-electron chi connectivity index (χ4n) is 1.59. The van der Waals surface area contributed by atoms with Gasteiger partial charge in [-0.3, -0.25) is 0 Å². The summed E-state index contributed by atoms with van der Waals surface area (Å²) >= 11 is 0. The van der Waals surface area contributed by atoms with Crippen molar-refractivity contribution in [3.8, 4) is 5.75 Å². The van der Waals surface area contributed by atoms with Crippen LogP contribution in [0.2, 0.25) is 0 Å². The summed E-state index contributed by atoms with van der Waals surface area (Å²) in [5.74, 6) is -0.0884. The molecule has 0 heterocycles. The zero-order valence-electron chi connectivity index (χ0n) is 9.50. The molecule has 3 heteroatoms. The van der Waals surface area contributed by atoms with Crippen LogP contribution in [0.1, 0.15) is 41.3 Å². The second-order valence-corrected chi connectivity index (χ2v) is 3.87. The zero-order chi connectivity index (χ0) is 11.6. The van der Waals surface area contributed by atoms with Crippen molar-refractivity contribution in [2.45, 2.75) is 26.7 Å². The van der Waals surface area contributed by atoms with Crippen LogP contribution < -0.4 is 4.74 Å². The molecular weight excluding hydrogens is 192 g/mol. The summed E-state index contributed by atoms with van der Waals surface area (Å²) in [5.41, 5.74) is 2.14. The fraction of sp³-hybridized carbons (Fsp3) is 0.417. The fourth-order valence-corrected chi connectivity index (χ4v) is 1.59. The number of carboxylic acids is 1. The average Bonchev–Trinajstić information content (AvgIpc) is 2.16. The molecule has 1 aromatic carbocycles. The molecule has 0 bridgehead atoms. The Labute approximate surface area is 89.7 Å².